The topological polar surface area (TPSA) is 67.4 Å². The minimum Gasteiger partial charge on any atom is -0.368 e. The number of carbonyl (C=O) groups excluding carboxylic acids is 2. The Hall–Kier alpha value is -1.66. The fourth-order valence-electron chi connectivity index (χ4n) is 4.31. The highest BCUT2D eigenvalue weighted by molar-refractivity contribution is 6.27. The molecule has 0 atom stereocenters. The number of alkyl halides is 1. The summed E-state index contributed by atoms with van der Waals surface area (Å²) in [6, 6.07) is 4.70. The van der Waals surface area contributed by atoms with Gasteiger partial charge in [0.2, 0.25) is 11.8 Å². The molecule has 0 unspecified atom stereocenters. The van der Waals surface area contributed by atoms with Gasteiger partial charge in [0.25, 0.3) is 0 Å². The normalized spacial score (nSPS) is 28.3. The zero-order valence-corrected chi connectivity index (χ0v) is 16.0. The molecule has 0 spiro atoms. The van der Waals surface area contributed by atoms with Crippen molar-refractivity contribution in [3.63, 3.8) is 0 Å². The van der Waals surface area contributed by atoms with Gasteiger partial charge in [-0.3, -0.25) is 9.59 Å². The predicted octanol–water partition coefficient (Wildman–Crippen LogP) is 2.64. The lowest BCUT2D eigenvalue weighted by Crippen LogP contribution is -2.55. The van der Waals surface area contributed by atoms with Crippen LogP contribution >= 0.6 is 11.6 Å². The molecule has 1 aliphatic carbocycles. The molecule has 7 heteroatoms. The number of ether oxygens (including phenoxy) is 1. The van der Waals surface area contributed by atoms with Crippen molar-refractivity contribution in [1.82, 2.24) is 10.6 Å². The second-order valence-corrected chi connectivity index (χ2v) is 8.28. The van der Waals surface area contributed by atoms with Crippen molar-refractivity contribution in [1.29, 1.82) is 0 Å². The van der Waals surface area contributed by atoms with Crippen LogP contribution in [0.15, 0.2) is 18.2 Å². The third-order valence-electron chi connectivity index (χ3n) is 5.61. The van der Waals surface area contributed by atoms with Crippen molar-refractivity contribution in [2.75, 3.05) is 5.88 Å². The first-order chi connectivity index (χ1) is 12.1. The number of hydrogen-bond donors (Lipinski definition) is 2. The van der Waals surface area contributed by atoms with E-state index >= 15 is 0 Å². The molecule has 1 saturated carbocycles. The Balaban J connectivity index is 1.60. The van der Waals surface area contributed by atoms with Crippen LogP contribution in [-0.2, 0) is 27.4 Å². The third-order valence-corrected chi connectivity index (χ3v) is 5.85. The van der Waals surface area contributed by atoms with E-state index in [4.69, 9.17) is 16.3 Å². The van der Waals surface area contributed by atoms with Crippen LogP contribution in [0.25, 0.3) is 0 Å². The van der Waals surface area contributed by atoms with Crippen LogP contribution in [0, 0.1) is 11.2 Å². The molecule has 2 N–H and O–H groups in total. The molecule has 0 radical (unpaired) electrons. The number of hydrogen-bond acceptors (Lipinski definition) is 3. The first-order valence-corrected chi connectivity index (χ1v) is 9.23. The van der Waals surface area contributed by atoms with Gasteiger partial charge in [-0.1, -0.05) is 12.1 Å². The van der Waals surface area contributed by atoms with Crippen LogP contribution in [0.5, 0.6) is 0 Å². The lowest BCUT2D eigenvalue weighted by Gasteiger charge is -2.43. The van der Waals surface area contributed by atoms with Crippen molar-refractivity contribution in [2.24, 2.45) is 5.41 Å². The highest BCUT2D eigenvalue weighted by Gasteiger charge is 2.72. The fourth-order valence-corrected chi connectivity index (χ4v) is 4.40. The van der Waals surface area contributed by atoms with Gasteiger partial charge in [0.15, 0.2) is 0 Å². The maximum atomic E-state index is 14.3. The molecule has 2 saturated heterocycles. The Labute approximate surface area is 157 Å². The summed E-state index contributed by atoms with van der Waals surface area (Å²) in [4.78, 5) is 23.9. The molecule has 2 heterocycles. The molecule has 1 aromatic rings. The summed E-state index contributed by atoms with van der Waals surface area (Å²) in [7, 11) is 0. The van der Waals surface area contributed by atoms with Crippen LogP contribution in [0.3, 0.4) is 0 Å². The van der Waals surface area contributed by atoms with E-state index in [1.54, 1.807) is 12.1 Å². The first kappa shape index (κ1) is 19.1. The zero-order valence-electron chi connectivity index (χ0n) is 15.2. The highest BCUT2D eigenvalue weighted by Crippen LogP contribution is 2.66. The summed E-state index contributed by atoms with van der Waals surface area (Å²) in [5, 5.41) is 5.45. The zero-order chi connectivity index (χ0) is 19.2. The van der Waals surface area contributed by atoms with Gasteiger partial charge >= 0.3 is 0 Å². The van der Waals surface area contributed by atoms with E-state index < -0.39 is 16.8 Å². The average molecular weight is 383 g/mol. The number of amides is 2. The number of nitrogens with one attached hydrogen (secondary N) is 2. The second-order valence-electron chi connectivity index (χ2n) is 8.02. The van der Waals surface area contributed by atoms with E-state index in [1.807, 2.05) is 20.8 Å². The molecule has 3 aliphatic rings. The van der Waals surface area contributed by atoms with Gasteiger partial charge in [0.1, 0.15) is 11.7 Å². The molecule has 2 bridgehead atoms. The molecule has 142 valence electrons. The Morgan fingerprint density at radius 1 is 1.19 bits per heavy atom. The Morgan fingerprint density at radius 2 is 1.88 bits per heavy atom. The van der Waals surface area contributed by atoms with Crippen molar-refractivity contribution >= 4 is 23.4 Å². The Kier molecular flexibility index (Phi) is 4.78. The first-order valence-electron chi connectivity index (χ1n) is 8.69. The lowest BCUT2D eigenvalue weighted by atomic mass is 9.56. The van der Waals surface area contributed by atoms with Crippen molar-refractivity contribution in [2.45, 2.75) is 57.9 Å². The molecule has 1 aromatic carbocycles. The summed E-state index contributed by atoms with van der Waals surface area (Å²) >= 11 is 5.41. The van der Waals surface area contributed by atoms with E-state index in [0.29, 0.717) is 24.0 Å². The molecule has 2 amide bonds. The van der Waals surface area contributed by atoms with Crippen molar-refractivity contribution in [3.05, 3.63) is 35.1 Å². The second kappa shape index (κ2) is 6.50. The van der Waals surface area contributed by atoms with E-state index in [9.17, 15) is 14.0 Å². The standard InChI is InChI=1S/C19H24ClFN2O3/c1-17(2)19(10-18(3,11-19)26-17)16(25)23-9-13-5-4-12(6-14(13)21)8-22-15(24)7-20/h4-6H,7-11H2,1-3H3,(H,22,24)(H,23,25). The monoisotopic (exact) mass is 382 g/mol. The molecule has 26 heavy (non-hydrogen) atoms. The van der Waals surface area contributed by atoms with Gasteiger partial charge in [-0.25, -0.2) is 4.39 Å². The van der Waals surface area contributed by atoms with Crippen molar-refractivity contribution in [3.8, 4) is 0 Å². The smallest absolute Gasteiger partial charge is 0.235 e. The number of rotatable bonds is 6. The van der Waals surface area contributed by atoms with E-state index in [-0.39, 0.29) is 36.4 Å². The van der Waals surface area contributed by atoms with Gasteiger partial charge < -0.3 is 15.4 Å². The molecule has 2 aliphatic heterocycles. The minimum atomic E-state index is -0.538. The molecule has 0 aromatic heterocycles. The molecular weight excluding hydrogens is 359 g/mol. The molecule has 4 rings (SSSR count). The van der Waals surface area contributed by atoms with Crippen LogP contribution < -0.4 is 10.6 Å². The van der Waals surface area contributed by atoms with Gasteiger partial charge in [-0.15, -0.1) is 11.6 Å². The van der Waals surface area contributed by atoms with Gasteiger partial charge in [-0.2, -0.15) is 0 Å². The Morgan fingerprint density at radius 3 is 2.42 bits per heavy atom. The quantitative estimate of drug-likeness (QED) is 0.743. The number of benzene rings is 1. The van der Waals surface area contributed by atoms with Gasteiger partial charge in [0, 0.05) is 18.7 Å². The largest absolute Gasteiger partial charge is 0.368 e. The Bertz CT molecular complexity index is 744. The highest BCUT2D eigenvalue weighted by atomic mass is 35.5. The summed E-state index contributed by atoms with van der Waals surface area (Å²) in [5.41, 5.74) is -0.240. The van der Waals surface area contributed by atoms with Crippen LogP contribution in [0.4, 0.5) is 4.39 Å². The van der Waals surface area contributed by atoms with E-state index in [0.717, 1.165) is 0 Å². The molecular formula is C19H24ClFN2O3. The summed E-state index contributed by atoms with van der Waals surface area (Å²) in [5.74, 6) is -0.944. The summed E-state index contributed by atoms with van der Waals surface area (Å²) < 4.78 is 20.3. The minimum absolute atomic E-state index is 0.0877. The summed E-state index contributed by atoms with van der Waals surface area (Å²) in [6.45, 7) is 6.23. The van der Waals surface area contributed by atoms with Gasteiger partial charge in [0.05, 0.1) is 16.6 Å². The summed E-state index contributed by atoms with van der Waals surface area (Å²) in [6.07, 6.45) is 1.39. The lowest BCUT2D eigenvalue weighted by molar-refractivity contribution is -0.138. The van der Waals surface area contributed by atoms with Crippen LogP contribution in [0.2, 0.25) is 0 Å². The van der Waals surface area contributed by atoms with Crippen LogP contribution in [-0.4, -0.2) is 28.9 Å². The average Bonchev–Trinajstić information content (AvgIpc) is 2.89. The number of fused-ring (bicyclic) bond motifs is 1. The predicted molar refractivity (Wildman–Crippen MR) is 96.0 cm³/mol. The van der Waals surface area contributed by atoms with Crippen molar-refractivity contribution < 1.29 is 18.7 Å². The van der Waals surface area contributed by atoms with E-state index in [1.165, 1.54) is 6.07 Å². The van der Waals surface area contributed by atoms with E-state index in [2.05, 4.69) is 10.6 Å². The third kappa shape index (κ3) is 3.21. The van der Waals surface area contributed by atoms with Crippen LogP contribution in [0.1, 0.15) is 44.7 Å². The van der Waals surface area contributed by atoms with Gasteiger partial charge in [-0.05, 0) is 45.2 Å². The molecule has 5 nitrogen and oxygen atoms in total. The SMILES string of the molecule is CC12CC(C(=O)NCc3ccc(CNC(=O)CCl)cc3F)(C1)C(C)(C)O2. The molecule has 3 fully saturated rings. The number of halogens is 2. The maximum Gasteiger partial charge on any atom is 0.235 e. The maximum absolute atomic E-state index is 14.3. The number of carbonyl (C=O) groups is 2. The fraction of sp³-hybridized carbons (Fsp3) is 0.579.